The van der Waals surface area contributed by atoms with Crippen molar-refractivity contribution in [3.8, 4) is 12.3 Å². The normalized spacial score (nSPS) is 17.3. The second-order valence-electron chi connectivity index (χ2n) is 4.10. The number of terminal acetylenes is 1. The maximum absolute atomic E-state index is 5.62. The van der Waals surface area contributed by atoms with Gasteiger partial charge in [0.2, 0.25) is 0 Å². The van der Waals surface area contributed by atoms with Gasteiger partial charge in [-0.1, -0.05) is 24.1 Å². The van der Waals surface area contributed by atoms with E-state index in [1.807, 2.05) is 24.4 Å². The van der Waals surface area contributed by atoms with E-state index in [0.717, 1.165) is 18.4 Å². The average Bonchev–Trinajstić information content (AvgIpc) is 3.09. The highest BCUT2D eigenvalue weighted by Gasteiger charge is 2.43. The van der Waals surface area contributed by atoms with Crippen molar-refractivity contribution >= 4 is 10.9 Å². The Bertz CT molecular complexity index is 554. The molecule has 0 bridgehead atoms. The van der Waals surface area contributed by atoms with Gasteiger partial charge in [0.1, 0.15) is 0 Å². The number of rotatable bonds is 1. The maximum Gasteiger partial charge on any atom is 0.0705 e. The summed E-state index contributed by atoms with van der Waals surface area (Å²) in [5.41, 5.74) is 2.31. The molecule has 0 saturated heterocycles. The summed E-state index contributed by atoms with van der Waals surface area (Å²) in [5.74, 6) is 2.93. The summed E-state index contributed by atoms with van der Waals surface area (Å²) in [5, 5.41) is 1.20. The maximum atomic E-state index is 5.62. The lowest BCUT2D eigenvalue weighted by atomic mass is 9.94. The molecule has 1 aromatic heterocycles. The monoisotopic (exact) mass is 193 g/mol. The summed E-state index contributed by atoms with van der Waals surface area (Å²) in [6, 6.07) is 10.3. The van der Waals surface area contributed by atoms with Crippen LogP contribution in [0.15, 0.2) is 36.5 Å². The zero-order chi connectivity index (χ0) is 10.3. The van der Waals surface area contributed by atoms with Crippen molar-refractivity contribution in [3.63, 3.8) is 0 Å². The zero-order valence-electron chi connectivity index (χ0n) is 8.40. The van der Waals surface area contributed by atoms with Gasteiger partial charge in [-0.25, -0.2) is 0 Å². The van der Waals surface area contributed by atoms with Gasteiger partial charge >= 0.3 is 0 Å². The summed E-state index contributed by atoms with van der Waals surface area (Å²) in [6.45, 7) is 0. The van der Waals surface area contributed by atoms with Crippen molar-refractivity contribution in [2.75, 3.05) is 0 Å². The van der Waals surface area contributed by atoms with Gasteiger partial charge in [-0.15, -0.1) is 6.42 Å². The minimum atomic E-state index is 0.00252. The van der Waals surface area contributed by atoms with E-state index >= 15 is 0 Å². The van der Waals surface area contributed by atoms with Gasteiger partial charge in [-0.3, -0.25) is 4.98 Å². The number of nitrogens with zero attached hydrogens (tertiary/aromatic N) is 1. The number of aromatic nitrogens is 1. The van der Waals surface area contributed by atoms with E-state index in [4.69, 9.17) is 6.42 Å². The lowest BCUT2D eigenvalue weighted by Crippen LogP contribution is -2.03. The summed E-state index contributed by atoms with van der Waals surface area (Å²) >= 11 is 0. The molecule has 0 unspecified atom stereocenters. The highest BCUT2D eigenvalue weighted by atomic mass is 14.7. The van der Waals surface area contributed by atoms with Gasteiger partial charge in [0, 0.05) is 11.6 Å². The Morgan fingerprint density at radius 2 is 2.00 bits per heavy atom. The molecule has 0 spiro atoms. The Labute approximate surface area is 89.2 Å². The number of hydrogen-bond donors (Lipinski definition) is 0. The first-order valence-corrected chi connectivity index (χ1v) is 5.18. The molecule has 0 amide bonds. The number of para-hydroxylation sites is 1. The van der Waals surface area contributed by atoms with Crippen molar-refractivity contribution in [3.05, 3.63) is 42.1 Å². The SMILES string of the molecule is C#CC1(c2ccnc3ccccc23)CC1. The van der Waals surface area contributed by atoms with Gasteiger partial charge in [-0.2, -0.15) is 0 Å². The fraction of sp³-hybridized carbons (Fsp3) is 0.214. The quantitative estimate of drug-likeness (QED) is 0.634. The first-order chi connectivity index (χ1) is 7.36. The summed E-state index contributed by atoms with van der Waals surface area (Å²) < 4.78 is 0. The zero-order valence-corrected chi connectivity index (χ0v) is 8.40. The molecular formula is C14H11N. The number of benzene rings is 1. The number of hydrogen-bond acceptors (Lipinski definition) is 1. The Morgan fingerprint density at radius 1 is 1.20 bits per heavy atom. The first kappa shape index (κ1) is 8.49. The topological polar surface area (TPSA) is 12.9 Å². The van der Waals surface area contributed by atoms with E-state index in [-0.39, 0.29) is 5.41 Å². The molecule has 1 nitrogen and oxygen atoms in total. The smallest absolute Gasteiger partial charge is 0.0705 e. The van der Waals surface area contributed by atoms with E-state index in [9.17, 15) is 0 Å². The van der Waals surface area contributed by atoms with Crippen LogP contribution >= 0.6 is 0 Å². The Hall–Kier alpha value is -1.81. The molecule has 0 N–H and O–H groups in total. The average molecular weight is 193 g/mol. The largest absolute Gasteiger partial charge is 0.256 e. The Balaban J connectivity index is 2.33. The van der Waals surface area contributed by atoms with E-state index in [2.05, 4.69) is 23.0 Å². The van der Waals surface area contributed by atoms with Crippen molar-refractivity contribution in [1.82, 2.24) is 4.98 Å². The van der Waals surface area contributed by atoms with Crippen molar-refractivity contribution in [2.24, 2.45) is 0 Å². The molecular weight excluding hydrogens is 182 g/mol. The van der Waals surface area contributed by atoms with Crippen LogP contribution in [0.25, 0.3) is 10.9 Å². The Morgan fingerprint density at radius 3 is 2.73 bits per heavy atom. The minimum absolute atomic E-state index is 0.00252. The molecule has 2 aromatic rings. The molecule has 72 valence electrons. The predicted octanol–water partition coefficient (Wildman–Crippen LogP) is 2.90. The summed E-state index contributed by atoms with van der Waals surface area (Å²) in [7, 11) is 0. The molecule has 1 aliphatic carbocycles. The fourth-order valence-electron chi connectivity index (χ4n) is 2.13. The van der Waals surface area contributed by atoms with Crippen molar-refractivity contribution in [2.45, 2.75) is 18.3 Å². The second-order valence-corrected chi connectivity index (χ2v) is 4.10. The third-order valence-corrected chi connectivity index (χ3v) is 3.19. The summed E-state index contributed by atoms with van der Waals surface area (Å²) in [6.07, 6.45) is 9.69. The van der Waals surface area contributed by atoms with Crippen LogP contribution in [0.2, 0.25) is 0 Å². The summed E-state index contributed by atoms with van der Waals surface area (Å²) in [4.78, 5) is 4.35. The van der Waals surface area contributed by atoms with Crippen LogP contribution in [0.1, 0.15) is 18.4 Å². The molecule has 1 heterocycles. The van der Waals surface area contributed by atoms with Crippen LogP contribution in [0.5, 0.6) is 0 Å². The fourth-order valence-corrected chi connectivity index (χ4v) is 2.13. The standard InChI is InChI=1S/C14H11N/c1-2-14(8-9-14)12-7-10-15-13-6-4-3-5-11(12)13/h1,3-7,10H,8-9H2. The van der Waals surface area contributed by atoms with Gasteiger partial charge in [0.25, 0.3) is 0 Å². The van der Waals surface area contributed by atoms with E-state index in [1.54, 1.807) is 0 Å². The number of pyridine rings is 1. The van der Waals surface area contributed by atoms with E-state index < -0.39 is 0 Å². The van der Waals surface area contributed by atoms with Crippen molar-refractivity contribution < 1.29 is 0 Å². The Kier molecular flexibility index (Phi) is 1.61. The van der Waals surface area contributed by atoms with Crippen LogP contribution in [0.4, 0.5) is 0 Å². The molecule has 3 rings (SSSR count). The highest BCUT2D eigenvalue weighted by Crippen LogP contribution is 2.49. The number of fused-ring (bicyclic) bond motifs is 1. The minimum Gasteiger partial charge on any atom is -0.256 e. The first-order valence-electron chi connectivity index (χ1n) is 5.18. The predicted molar refractivity (Wildman–Crippen MR) is 61.5 cm³/mol. The van der Waals surface area contributed by atoms with E-state index in [1.165, 1.54) is 10.9 Å². The lowest BCUT2D eigenvalue weighted by Gasteiger charge is -2.10. The van der Waals surface area contributed by atoms with Crippen LogP contribution in [0, 0.1) is 12.3 Å². The highest BCUT2D eigenvalue weighted by molar-refractivity contribution is 5.84. The molecule has 1 saturated carbocycles. The second kappa shape index (κ2) is 2.84. The van der Waals surface area contributed by atoms with Crippen LogP contribution < -0.4 is 0 Å². The third kappa shape index (κ3) is 1.15. The van der Waals surface area contributed by atoms with Gasteiger partial charge in [0.15, 0.2) is 0 Å². The van der Waals surface area contributed by atoms with Crippen LogP contribution in [-0.2, 0) is 5.41 Å². The van der Waals surface area contributed by atoms with Gasteiger partial charge in [0.05, 0.1) is 10.9 Å². The third-order valence-electron chi connectivity index (χ3n) is 3.19. The van der Waals surface area contributed by atoms with Gasteiger partial charge < -0.3 is 0 Å². The molecule has 0 aliphatic heterocycles. The molecule has 0 radical (unpaired) electrons. The van der Waals surface area contributed by atoms with Crippen LogP contribution in [-0.4, -0.2) is 4.98 Å². The van der Waals surface area contributed by atoms with Crippen LogP contribution in [0.3, 0.4) is 0 Å². The van der Waals surface area contributed by atoms with Crippen molar-refractivity contribution in [1.29, 1.82) is 0 Å². The molecule has 1 heteroatoms. The molecule has 15 heavy (non-hydrogen) atoms. The lowest BCUT2D eigenvalue weighted by molar-refractivity contribution is 0.940. The molecule has 0 atom stereocenters. The molecule has 1 aliphatic rings. The molecule has 1 aromatic carbocycles. The van der Waals surface area contributed by atoms with E-state index in [0.29, 0.717) is 0 Å². The molecule has 1 fully saturated rings. The van der Waals surface area contributed by atoms with Gasteiger partial charge in [-0.05, 0) is 30.5 Å².